The summed E-state index contributed by atoms with van der Waals surface area (Å²) in [6, 6.07) is 13.0. The Morgan fingerprint density at radius 2 is 1.27 bits per heavy atom. The van der Waals surface area contributed by atoms with Crippen LogP contribution in [0.25, 0.3) is 27.8 Å². The molecule has 41 heavy (non-hydrogen) atoms. The average Bonchev–Trinajstić information content (AvgIpc) is 3.00. The van der Waals surface area contributed by atoms with Crippen molar-refractivity contribution in [3.8, 4) is 22.3 Å². The van der Waals surface area contributed by atoms with Crippen molar-refractivity contribution in [2.45, 2.75) is 78.1 Å². The standard InChI is InChI=1S/C37H40F4/c1-3-5-7-30-20-21-31(35(39)34(30)38)28-16-18-29(19-17-28)33-23-22-32(36(40)37(33)41)27-14-12-26(13-15-27)25-10-8-24(6-4-2)9-11-25/h4,6,14,16-26H,3,5,7-13,15H2,1-2H3. The van der Waals surface area contributed by atoms with Crippen LogP contribution in [0.15, 0.2) is 66.8 Å². The second kappa shape index (κ2) is 13.2. The normalized spacial score (nSPS) is 21.3. The van der Waals surface area contributed by atoms with E-state index < -0.39 is 23.3 Å². The van der Waals surface area contributed by atoms with Gasteiger partial charge in [-0.05, 0) is 105 Å². The van der Waals surface area contributed by atoms with Gasteiger partial charge in [0.05, 0.1) is 0 Å². The maximum absolute atomic E-state index is 15.4. The largest absolute Gasteiger partial charge is 0.203 e. The van der Waals surface area contributed by atoms with Crippen molar-refractivity contribution in [1.29, 1.82) is 0 Å². The minimum Gasteiger partial charge on any atom is -0.203 e. The molecule has 0 aromatic heterocycles. The van der Waals surface area contributed by atoms with Crippen LogP contribution in [0.5, 0.6) is 0 Å². The molecule has 0 spiro atoms. The third-order valence-corrected chi connectivity index (χ3v) is 9.30. The van der Waals surface area contributed by atoms with E-state index in [0.29, 0.717) is 40.5 Å². The summed E-state index contributed by atoms with van der Waals surface area (Å²) in [6.45, 7) is 4.09. The van der Waals surface area contributed by atoms with Crippen LogP contribution in [-0.4, -0.2) is 0 Å². The second-order valence-electron chi connectivity index (χ2n) is 11.8. The van der Waals surface area contributed by atoms with Crippen LogP contribution < -0.4 is 0 Å². The molecular formula is C37H40F4. The molecule has 0 N–H and O–H groups in total. The molecule has 2 aliphatic rings. The number of rotatable bonds is 8. The number of hydrogen-bond acceptors (Lipinski definition) is 0. The third-order valence-electron chi connectivity index (χ3n) is 9.30. The Kier molecular flexibility index (Phi) is 9.47. The highest BCUT2D eigenvalue weighted by molar-refractivity contribution is 5.74. The Morgan fingerprint density at radius 1 is 0.683 bits per heavy atom. The molecule has 216 valence electrons. The van der Waals surface area contributed by atoms with Crippen LogP contribution in [0.1, 0.15) is 82.8 Å². The van der Waals surface area contributed by atoms with E-state index in [4.69, 9.17) is 0 Å². The zero-order valence-corrected chi connectivity index (χ0v) is 24.2. The van der Waals surface area contributed by atoms with Gasteiger partial charge in [0.2, 0.25) is 0 Å². The van der Waals surface area contributed by atoms with Crippen molar-refractivity contribution < 1.29 is 17.6 Å². The van der Waals surface area contributed by atoms with Crippen molar-refractivity contribution >= 4 is 5.57 Å². The summed E-state index contributed by atoms with van der Waals surface area (Å²) in [4.78, 5) is 0. The molecule has 1 atom stereocenters. The number of halogens is 4. The second-order valence-corrected chi connectivity index (χ2v) is 11.8. The molecule has 0 aliphatic heterocycles. The van der Waals surface area contributed by atoms with Crippen molar-refractivity contribution in [1.82, 2.24) is 0 Å². The summed E-state index contributed by atoms with van der Waals surface area (Å²) in [5.74, 6) is -1.33. The highest BCUT2D eigenvalue weighted by Gasteiger charge is 2.29. The van der Waals surface area contributed by atoms with Gasteiger partial charge in [-0.25, -0.2) is 17.6 Å². The van der Waals surface area contributed by atoms with Crippen LogP contribution in [0.2, 0.25) is 0 Å². The van der Waals surface area contributed by atoms with Crippen LogP contribution in [0.4, 0.5) is 17.6 Å². The first-order valence-electron chi connectivity index (χ1n) is 15.3. The van der Waals surface area contributed by atoms with Gasteiger partial charge >= 0.3 is 0 Å². The van der Waals surface area contributed by atoms with Gasteiger partial charge in [0.1, 0.15) is 0 Å². The Hall–Kier alpha value is -3.14. The number of benzene rings is 3. The molecule has 3 aromatic carbocycles. The molecule has 0 amide bonds. The lowest BCUT2D eigenvalue weighted by atomic mass is 9.71. The van der Waals surface area contributed by atoms with E-state index in [1.165, 1.54) is 25.7 Å². The Bertz CT molecular complexity index is 1410. The van der Waals surface area contributed by atoms with Crippen LogP contribution in [-0.2, 0) is 6.42 Å². The molecule has 2 aliphatic carbocycles. The fraction of sp³-hybridized carbons (Fsp3) is 0.405. The predicted octanol–water partition coefficient (Wildman–Crippen LogP) is 11.5. The van der Waals surface area contributed by atoms with Crippen LogP contribution in [0.3, 0.4) is 0 Å². The SMILES string of the molecule is CC=CC1CCC(C2CC=C(c3ccc(-c4ccc(-c5ccc(CCCC)c(F)c5F)cc4)c(F)c3F)CC2)CC1. The molecule has 0 heterocycles. The zero-order valence-electron chi connectivity index (χ0n) is 24.2. The summed E-state index contributed by atoms with van der Waals surface area (Å²) in [7, 11) is 0. The minimum absolute atomic E-state index is 0.157. The van der Waals surface area contributed by atoms with Gasteiger partial charge in [0, 0.05) is 16.7 Å². The van der Waals surface area contributed by atoms with Crippen molar-refractivity contribution in [3.63, 3.8) is 0 Å². The van der Waals surface area contributed by atoms with Crippen molar-refractivity contribution in [2.75, 3.05) is 0 Å². The molecule has 1 unspecified atom stereocenters. The molecule has 0 saturated heterocycles. The molecular weight excluding hydrogens is 520 g/mol. The molecule has 3 aromatic rings. The average molecular weight is 561 g/mol. The van der Waals surface area contributed by atoms with Crippen molar-refractivity contribution in [2.24, 2.45) is 17.8 Å². The molecule has 0 nitrogen and oxygen atoms in total. The lowest BCUT2D eigenvalue weighted by Gasteiger charge is -2.35. The van der Waals surface area contributed by atoms with Gasteiger partial charge in [0.25, 0.3) is 0 Å². The summed E-state index contributed by atoms with van der Waals surface area (Å²) >= 11 is 0. The monoisotopic (exact) mass is 560 g/mol. The van der Waals surface area contributed by atoms with E-state index in [9.17, 15) is 8.78 Å². The first-order valence-corrected chi connectivity index (χ1v) is 15.3. The molecule has 5 rings (SSSR count). The van der Waals surface area contributed by atoms with E-state index in [2.05, 4.69) is 25.2 Å². The quantitative estimate of drug-likeness (QED) is 0.190. The first kappa shape index (κ1) is 29.4. The maximum atomic E-state index is 15.4. The van der Waals surface area contributed by atoms with E-state index in [0.717, 1.165) is 43.6 Å². The molecule has 1 fully saturated rings. The first-order chi connectivity index (χ1) is 19.9. The Balaban J connectivity index is 1.29. The van der Waals surface area contributed by atoms with Gasteiger partial charge in [0.15, 0.2) is 23.3 Å². The summed E-state index contributed by atoms with van der Waals surface area (Å²) < 4.78 is 60.1. The molecule has 4 heteroatoms. The summed E-state index contributed by atoms with van der Waals surface area (Å²) in [6.07, 6.45) is 16.5. The fourth-order valence-electron chi connectivity index (χ4n) is 6.83. The van der Waals surface area contributed by atoms with Gasteiger partial charge in [-0.15, -0.1) is 0 Å². The van der Waals surface area contributed by atoms with Crippen LogP contribution >= 0.6 is 0 Å². The highest BCUT2D eigenvalue weighted by atomic mass is 19.2. The molecule has 0 radical (unpaired) electrons. The third kappa shape index (κ3) is 6.37. The van der Waals surface area contributed by atoms with Crippen LogP contribution in [0, 0.1) is 41.0 Å². The number of unbranched alkanes of at least 4 members (excludes halogenated alkanes) is 1. The smallest absolute Gasteiger partial charge is 0.167 e. The van der Waals surface area contributed by atoms with Crippen molar-refractivity contribution in [3.05, 3.63) is 101 Å². The van der Waals surface area contributed by atoms with E-state index in [1.54, 1.807) is 48.5 Å². The predicted molar refractivity (Wildman–Crippen MR) is 161 cm³/mol. The topological polar surface area (TPSA) is 0 Å². The van der Waals surface area contributed by atoms with Gasteiger partial charge < -0.3 is 0 Å². The number of allylic oxidation sites excluding steroid dienone is 4. The van der Waals surface area contributed by atoms with E-state index in [1.807, 2.05) is 6.92 Å². The van der Waals surface area contributed by atoms with Gasteiger partial charge in [-0.3, -0.25) is 0 Å². The Labute approximate surface area is 242 Å². The zero-order chi connectivity index (χ0) is 28.9. The fourth-order valence-corrected chi connectivity index (χ4v) is 6.83. The van der Waals surface area contributed by atoms with E-state index in [-0.39, 0.29) is 11.1 Å². The lowest BCUT2D eigenvalue weighted by Crippen LogP contribution is -2.22. The number of aryl methyl sites for hydroxylation is 1. The van der Waals surface area contributed by atoms with Gasteiger partial charge in [-0.2, -0.15) is 0 Å². The van der Waals surface area contributed by atoms with Gasteiger partial charge in [-0.1, -0.05) is 80.1 Å². The Morgan fingerprint density at radius 3 is 1.85 bits per heavy atom. The highest BCUT2D eigenvalue weighted by Crippen LogP contribution is 2.42. The number of hydrogen-bond donors (Lipinski definition) is 0. The summed E-state index contributed by atoms with van der Waals surface area (Å²) in [5, 5.41) is 0. The maximum Gasteiger partial charge on any atom is 0.167 e. The molecule has 0 bridgehead atoms. The molecule has 1 saturated carbocycles. The minimum atomic E-state index is -0.878. The van der Waals surface area contributed by atoms with E-state index >= 15 is 8.78 Å². The lowest BCUT2D eigenvalue weighted by molar-refractivity contribution is 0.212. The summed E-state index contributed by atoms with van der Waals surface area (Å²) in [5.41, 5.74) is 2.90.